The second-order valence-corrected chi connectivity index (χ2v) is 4.44. The molecule has 0 fully saturated rings. The van der Waals surface area contributed by atoms with Crippen molar-refractivity contribution in [3.8, 4) is 5.75 Å². The molecule has 110 valence electrons. The van der Waals surface area contributed by atoms with Gasteiger partial charge < -0.3 is 10.1 Å². The number of fused-ring (bicyclic) bond motifs is 1. The van der Waals surface area contributed by atoms with Crippen molar-refractivity contribution in [1.29, 1.82) is 0 Å². The highest BCUT2D eigenvalue weighted by Crippen LogP contribution is 2.27. The molecule has 0 amide bonds. The lowest BCUT2D eigenvalue weighted by Crippen LogP contribution is -1.95. The third-order valence-corrected chi connectivity index (χ3v) is 3.01. The topological polar surface area (TPSA) is 116 Å². The van der Waals surface area contributed by atoms with Crippen LogP contribution >= 0.6 is 0 Å². The van der Waals surface area contributed by atoms with Gasteiger partial charge in [0.15, 0.2) is 0 Å². The average Bonchev–Trinajstić information content (AvgIpc) is 2.91. The van der Waals surface area contributed by atoms with Crippen LogP contribution in [0.3, 0.4) is 0 Å². The molecule has 0 atom stereocenters. The number of para-hydroxylation sites is 3. The van der Waals surface area contributed by atoms with Crippen molar-refractivity contribution in [3.63, 3.8) is 0 Å². The number of nitro benzene ring substituents is 1. The Balaban J connectivity index is 1.80. The Labute approximate surface area is 124 Å². The maximum Gasteiger partial charge on any atom is 0.311 e. The van der Waals surface area contributed by atoms with Crippen LogP contribution in [0.25, 0.3) is 11.0 Å². The molecule has 0 aliphatic rings. The molecule has 0 aliphatic carbocycles. The number of hydrogen-bond donors (Lipinski definition) is 3. The smallest absolute Gasteiger partial charge is 0.311 e. The number of anilines is 1. The Kier molecular flexibility index (Phi) is 3.40. The van der Waals surface area contributed by atoms with Crippen molar-refractivity contribution in [3.05, 3.63) is 58.1 Å². The summed E-state index contributed by atoms with van der Waals surface area (Å²) in [6.45, 7) is 0. The summed E-state index contributed by atoms with van der Waals surface area (Å²) in [5, 5.41) is 24.4. The second-order valence-electron chi connectivity index (χ2n) is 4.44. The van der Waals surface area contributed by atoms with Crippen LogP contribution in [0.2, 0.25) is 0 Å². The van der Waals surface area contributed by atoms with Crippen molar-refractivity contribution < 1.29 is 10.0 Å². The van der Waals surface area contributed by atoms with E-state index in [1.807, 2.05) is 24.3 Å². The molecule has 0 saturated heterocycles. The van der Waals surface area contributed by atoms with E-state index in [0.29, 0.717) is 5.95 Å². The summed E-state index contributed by atoms with van der Waals surface area (Å²) in [6, 6.07) is 11.7. The number of phenols is 1. The molecule has 0 spiro atoms. The quantitative estimate of drug-likeness (QED) is 0.389. The Morgan fingerprint density at radius 3 is 2.86 bits per heavy atom. The van der Waals surface area contributed by atoms with Gasteiger partial charge in [-0.05, 0) is 18.2 Å². The fourth-order valence-electron chi connectivity index (χ4n) is 1.97. The van der Waals surface area contributed by atoms with Gasteiger partial charge in [-0.2, -0.15) is 5.10 Å². The minimum atomic E-state index is -0.653. The third-order valence-electron chi connectivity index (χ3n) is 3.01. The largest absolute Gasteiger partial charge is 0.502 e. The molecular formula is C14H11N5O3. The molecule has 0 radical (unpaired) electrons. The Morgan fingerprint density at radius 1 is 1.27 bits per heavy atom. The van der Waals surface area contributed by atoms with Gasteiger partial charge in [0.25, 0.3) is 0 Å². The van der Waals surface area contributed by atoms with Crippen molar-refractivity contribution in [2.75, 3.05) is 5.43 Å². The second kappa shape index (κ2) is 5.52. The Hall–Kier alpha value is -3.42. The van der Waals surface area contributed by atoms with Gasteiger partial charge in [-0.3, -0.25) is 10.1 Å². The van der Waals surface area contributed by atoms with Crippen LogP contribution in [0, 0.1) is 10.1 Å². The van der Waals surface area contributed by atoms with E-state index in [2.05, 4.69) is 20.5 Å². The van der Waals surface area contributed by atoms with Gasteiger partial charge in [0.2, 0.25) is 11.7 Å². The van der Waals surface area contributed by atoms with Crippen LogP contribution in [-0.2, 0) is 0 Å². The van der Waals surface area contributed by atoms with Crippen LogP contribution in [0.1, 0.15) is 5.56 Å². The lowest BCUT2D eigenvalue weighted by Gasteiger charge is -1.99. The number of nitrogens with zero attached hydrogens (tertiary/aromatic N) is 3. The molecule has 0 unspecified atom stereocenters. The first-order valence-electron chi connectivity index (χ1n) is 6.35. The standard InChI is InChI=1S/C14H11N5O3/c20-13-9(4-3-7-12(13)19(21)22)8-15-18-14-16-10-5-1-2-6-11(10)17-14/h1-8,20H,(H2,16,17,18). The summed E-state index contributed by atoms with van der Waals surface area (Å²) in [4.78, 5) is 17.4. The van der Waals surface area contributed by atoms with Gasteiger partial charge in [0, 0.05) is 11.6 Å². The number of nitrogens with one attached hydrogen (secondary N) is 2. The predicted octanol–water partition coefficient (Wildman–Crippen LogP) is 2.62. The highest BCUT2D eigenvalue weighted by Gasteiger charge is 2.14. The maximum atomic E-state index is 10.7. The van der Waals surface area contributed by atoms with Gasteiger partial charge in [-0.1, -0.05) is 18.2 Å². The number of nitro groups is 1. The fourth-order valence-corrected chi connectivity index (χ4v) is 1.97. The van der Waals surface area contributed by atoms with Gasteiger partial charge in [0.05, 0.1) is 22.2 Å². The van der Waals surface area contributed by atoms with Crippen LogP contribution in [-0.4, -0.2) is 26.2 Å². The van der Waals surface area contributed by atoms with Gasteiger partial charge in [-0.25, -0.2) is 10.4 Å². The number of benzene rings is 2. The Morgan fingerprint density at radius 2 is 2.09 bits per heavy atom. The number of H-pyrrole nitrogens is 1. The highest BCUT2D eigenvalue weighted by molar-refractivity contribution is 5.86. The first-order valence-corrected chi connectivity index (χ1v) is 6.35. The first kappa shape index (κ1) is 13.6. The zero-order chi connectivity index (χ0) is 15.5. The molecule has 3 aromatic rings. The Bertz CT molecular complexity index is 839. The number of imidazole rings is 1. The van der Waals surface area contributed by atoms with Crippen molar-refractivity contribution >= 4 is 28.9 Å². The van der Waals surface area contributed by atoms with E-state index < -0.39 is 10.7 Å². The van der Waals surface area contributed by atoms with E-state index in [0.717, 1.165) is 11.0 Å². The molecule has 3 rings (SSSR count). The molecule has 2 aromatic carbocycles. The average molecular weight is 297 g/mol. The van der Waals surface area contributed by atoms with E-state index in [4.69, 9.17) is 0 Å². The fraction of sp³-hybridized carbons (Fsp3) is 0. The minimum Gasteiger partial charge on any atom is -0.502 e. The van der Waals surface area contributed by atoms with Gasteiger partial charge in [0.1, 0.15) is 0 Å². The summed E-state index contributed by atoms with van der Waals surface area (Å²) in [6.07, 6.45) is 1.29. The highest BCUT2D eigenvalue weighted by atomic mass is 16.6. The molecule has 1 heterocycles. The summed E-state index contributed by atoms with van der Waals surface area (Å²) in [5.41, 5.74) is 4.20. The number of rotatable bonds is 4. The molecule has 8 heteroatoms. The van der Waals surface area contributed by atoms with Crippen LogP contribution in [0.15, 0.2) is 47.6 Å². The number of hydrogen-bond acceptors (Lipinski definition) is 6. The van der Waals surface area contributed by atoms with Crippen LogP contribution in [0.4, 0.5) is 11.6 Å². The molecule has 0 bridgehead atoms. The number of aromatic nitrogens is 2. The monoisotopic (exact) mass is 297 g/mol. The molecule has 3 N–H and O–H groups in total. The van der Waals surface area contributed by atoms with E-state index in [-0.39, 0.29) is 11.3 Å². The summed E-state index contributed by atoms with van der Waals surface area (Å²) >= 11 is 0. The summed E-state index contributed by atoms with van der Waals surface area (Å²) < 4.78 is 0. The molecule has 8 nitrogen and oxygen atoms in total. The number of phenolic OH excluding ortho intramolecular Hbond substituents is 1. The van der Waals surface area contributed by atoms with E-state index in [9.17, 15) is 15.2 Å². The number of hydrazone groups is 1. The maximum absolute atomic E-state index is 10.7. The lowest BCUT2D eigenvalue weighted by molar-refractivity contribution is -0.385. The zero-order valence-corrected chi connectivity index (χ0v) is 11.2. The van der Waals surface area contributed by atoms with E-state index in [1.54, 1.807) is 0 Å². The summed E-state index contributed by atoms with van der Waals surface area (Å²) in [7, 11) is 0. The predicted molar refractivity (Wildman–Crippen MR) is 82.1 cm³/mol. The normalized spacial score (nSPS) is 11.1. The van der Waals surface area contributed by atoms with Crippen molar-refractivity contribution in [1.82, 2.24) is 9.97 Å². The van der Waals surface area contributed by atoms with Crippen molar-refractivity contribution in [2.45, 2.75) is 0 Å². The molecule has 0 saturated carbocycles. The molecule has 22 heavy (non-hydrogen) atoms. The zero-order valence-electron chi connectivity index (χ0n) is 11.2. The minimum absolute atomic E-state index is 0.234. The van der Waals surface area contributed by atoms with Gasteiger partial charge >= 0.3 is 5.69 Å². The number of aromatic amines is 1. The molecule has 0 aliphatic heterocycles. The van der Waals surface area contributed by atoms with Crippen LogP contribution < -0.4 is 5.43 Å². The molecule has 1 aromatic heterocycles. The third kappa shape index (κ3) is 2.57. The van der Waals surface area contributed by atoms with Gasteiger partial charge in [-0.15, -0.1) is 0 Å². The number of aromatic hydroxyl groups is 1. The van der Waals surface area contributed by atoms with E-state index in [1.165, 1.54) is 24.4 Å². The van der Waals surface area contributed by atoms with Crippen LogP contribution in [0.5, 0.6) is 5.75 Å². The molecular weight excluding hydrogens is 286 g/mol. The van der Waals surface area contributed by atoms with Crippen molar-refractivity contribution in [2.24, 2.45) is 5.10 Å². The SMILES string of the molecule is O=[N+]([O-])c1cccc(C=NNc2nc3ccccc3[nH]2)c1O. The summed E-state index contributed by atoms with van der Waals surface area (Å²) in [5.74, 6) is 0.00465. The van der Waals surface area contributed by atoms with E-state index >= 15 is 0 Å². The lowest BCUT2D eigenvalue weighted by atomic mass is 10.2. The first-order chi connectivity index (χ1) is 10.6.